The number of aryl methyl sites for hydroxylation is 2. The summed E-state index contributed by atoms with van der Waals surface area (Å²) in [7, 11) is 0. The first-order valence-electron chi connectivity index (χ1n) is 5.49. The van der Waals surface area contributed by atoms with E-state index < -0.39 is 0 Å². The summed E-state index contributed by atoms with van der Waals surface area (Å²) in [6.07, 6.45) is 4.27. The van der Waals surface area contributed by atoms with Crippen LogP contribution in [-0.2, 0) is 13.0 Å². The fourth-order valence-electron chi connectivity index (χ4n) is 2.58. The third-order valence-electron chi connectivity index (χ3n) is 3.24. The topological polar surface area (TPSA) is 22.0 Å². The summed E-state index contributed by atoms with van der Waals surface area (Å²) in [6.45, 7) is 2.66. The highest BCUT2D eigenvalue weighted by Gasteiger charge is 2.18. The highest BCUT2D eigenvalue weighted by molar-refractivity contribution is 9.10. The molecule has 2 nitrogen and oxygen atoms in total. The van der Waals surface area contributed by atoms with E-state index in [9.17, 15) is 4.79 Å². The van der Waals surface area contributed by atoms with E-state index in [-0.39, 0.29) is 5.78 Å². The molecule has 1 aromatic carbocycles. The number of halogens is 1. The van der Waals surface area contributed by atoms with E-state index in [0.717, 1.165) is 34.8 Å². The highest BCUT2D eigenvalue weighted by Crippen LogP contribution is 2.32. The van der Waals surface area contributed by atoms with Gasteiger partial charge in [0.1, 0.15) is 0 Å². The van der Waals surface area contributed by atoms with Crippen LogP contribution in [-0.4, -0.2) is 10.4 Å². The summed E-state index contributed by atoms with van der Waals surface area (Å²) < 4.78 is 3.29. The van der Waals surface area contributed by atoms with Gasteiger partial charge >= 0.3 is 0 Å². The second kappa shape index (κ2) is 3.45. The van der Waals surface area contributed by atoms with Gasteiger partial charge in [-0.15, -0.1) is 0 Å². The predicted octanol–water partition coefficient (Wildman–Crippen LogP) is 3.55. The predicted molar refractivity (Wildman–Crippen MR) is 68.0 cm³/mol. The molecule has 1 aliphatic rings. The molecule has 0 fully saturated rings. The zero-order chi connectivity index (χ0) is 11.3. The number of hydrogen-bond acceptors (Lipinski definition) is 1. The van der Waals surface area contributed by atoms with E-state index in [2.05, 4.69) is 32.6 Å². The SMILES string of the molecule is CC(=O)c1cn2c3c(cc(Br)cc13)CCC2. The largest absolute Gasteiger partial charge is 0.346 e. The Morgan fingerprint density at radius 1 is 1.44 bits per heavy atom. The van der Waals surface area contributed by atoms with E-state index in [4.69, 9.17) is 0 Å². The monoisotopic (exact) mass is 277 g/mol. The van der Waals surface area contributed by atoms with Gasteiger partial charge in [-0.25, -0.2) is 0 Å². The summed E-state index contributed by atoms with van der Waals surface area (Å²) in [5.41, 5.74) is 3.45. The van der Waals surface area contributed by atoms with Gasteiger partial charge in [0.05, 0.1) is 5.52 Å². The van der Waals surface area contributed by atoms with Crippen molar-refractivity contribution < 1.29 is 4.79 Å². The van der Waals surface area contributed by atoms with Crippen LogP contribution in [0.3, 0.4) is 0 Å². The smallest absolute Gasteiger partial charge is 0.161 e. The second-order valence-electron chi connectivity index (χ2n) is 4.36. The van der Waals surface area contributed by atoms with Crippen LogP contribution in [0.15, 0.2) is 22.8 Å². The fraction of sp³-hybridized carbons (Fsp3) is 0.308. The maximum absolute atomic E-state index is 11.6. The van der Waals surface area contributed by atoms with Crippen LogP contribution in [0.5, 0.6) is 0 Å². The lowest BCUT2D eigenvalue weighted by atomic mass is 10.0. The van der Waals surface area contributed by atoms with E-state index in [0.29, 0.717) is 0 Å². The number of aromatic nitrogens is 1. The molecule has 0 unspecified atom stereocenters. The number of rotatable bonds is 1. The quantitative estimate of drug-likeness (QED) is 0.731. The molecule has 0 saturated carbocycles. The van der Waals surface area contributed by atoms with Gasteiger partial charge in [-0.05, 0) is 37.5 Å². The zero-order valence-corrected chi connectivity index (χ0v) is 10.7. The van der Waals surface area contributed by atoms with Crippen molar-refractivity contribution in [1.82, 2.24) is 4.57 Å². The van der Waals surface area contributed by atoms with Crippen molar-refractivity contribution in [2.24, 2.45) is 0 Å². The van der Waals surface area contributed by atoms with Crippen LogP contribution in [0, 0.1) is 0 Å². The Labute approximate surface area is 102 Å². The summed E-state index contributed by atoms with van der Waals surface area (Å²) in [5, 5.41) is 1.09. The Bertz CT molecular complexity index is 597. The summed E-state index contributed by atoms with van der Waals surface area (Å²) in [4.78, 5) is 11.6. The molecular weight excluding hydrogens is 266 g/mol. The third-order valence-corrected chi connectivity index (χ3v) is 3.70. The molecule has 0 bridgehead atoms. The fourth-order valence-corrected chi connectivity index (χ4v) is 3.08. The van der Waals surface area contributed by atoms with Crippen molar-refractivity contribution in [1.29, 1.82) is 0 Å². The zero-order valence-electron chi connectivity index (χ0n) is 9.09. The minimum absolute atomic E-state index is 0.148. The van der Waals surface area contributed by atoms with Crippen molar-refractivity contribution >= 4 is 32.6 Å². The molecule has 0 amide bonds. The van der Waals surface area contributed by atoms with Crippen LogP contribution in [0.25, 0.3) is 10.9 Å². The van der Waals surface area contributed by atoms with Crippen LogP contribution in [0.1, 0.15) is 29.3 Å². The molecule has 0 N–H and O–H groups in total. The Balaban J connectivity index is 2.45. The van der Waals surface area contributed by atoms with Gasteiger partial charge in [0.25, 0.3) is 0 Å². The Morgan fingerprint density at radius 3 is 3.00 bits per heavy atom. The van der Waals surface area contributed by atoms with Gasteiger partial charge in [-0.2, -0.15) is 0 Å². The molecular formula is C13H12BrNO. The van der Waals surface area contributed by atoms with E-state index in [1.807, 2.05) is 6.20 Å². The first-order chi connectivity index (χ1) is 7.66. The molecule has 0 spiro atoms. The standard InChI is InChI=1S/C13H12BrNO/c1-8(16)12-7-15-4-2-3-9-5-10(14)6-11(12)13(9)15/h5-7H,2-4H2,1H3. The van der Waals surface area contributed by atoms with Crippen molar-refractivity contribution in [3.05, 3.63) is 33.9 Å². The van der Waals surface area contributed by atoms with Crippen LogP contribution < -0.4 is 0 Å². The molecule has 16 heavy (non-hydrogen) atoms. The average molecular weight is 278 g/mol. The molecule has 0 atom stereocenters. The molecule has 1 aliphatic heterocycles. The highest BCUT2D eigenvalue weighted by atomic mass is 79.9. The lowest BCUT2D eigenvalue weighted by Crippen LogP contribution is -2.06. The number of carbonyl (C=O) groups is 1. The van der Waals surface area contributed by atoms with Crippen molar-refractivity contribution in [2.45, 2.75) is 26.3 Å². The van der Waals surface area contributed by atoms with E-state index >= 15 is 0 Å². The number of hydrogen-bond donors (Lipinski definition) is 0. The lowest BCUT2D eigenvalue weighted by molar-refractivity contribution is 0.101. The van der Waals surface area contributed by atoms with Gasteiger partial charge in [-0.3, -0.25) is 4.79 Å². The molecule has 3 heteroatoms. The second-order valence-corrected chi connectivity index (χ2v) is 5.27. The molecule has 3 rings (SSSR count). The number of Topliss-reactive ketones (excluding diaryl/α,β-unsaturated/α-hetero) is 1. The molecule has 0 aliphatic carbocycles. The van der Waals surface area contributed by atoms with Crippen LogP contribution >= 0.6 is 15.9 Å². The Morgan fingerprint density at radius 2 is 2.25 bits per heavy atom. The minimum Gasteiger partial charge on any atom is -0.346 e. The van der Waals surface area contributed by atoms with Crippen molar-refractivity contribution in [2.75, 3.05) is 0 Å². The number of benzene rings is 1. The maximum Gasteiger partial charge on any atom is 0.161 e. The first kappa shape index (κ1) is 10.1. The molecule has 0 radical (unpaired) electrons. The molecule has 2 heterocycles. The summed E-state index contributed by atoms with van der Waals surface area (Å²) in [5.74, 6) is 0.148. The maximum atomic E-state index is 11.6. The number of nitrogens with zero attached hydrogens (tertiary/aromatic N) is 1. The van der Waals surface area contributed by atoms with E-state index in [1.165, 1.54) is 11.1 Å². The lowest BCUT2D eigenvalue weighted by Gasteiger charge is -2.15. The van der Waals surface area contributed by atoms with Crippen LogP contribution in [0.2, 0.25) is 0 Å². The van der Waals surface area contributed by atoms with Gasteiger partial charge in [-0.1, -0.05) is 15.9 Å². The Kier molecular flexibility index (Phi) is 2.18. The summed E-state index contributed by atoms with van der Waals surface area (Å²) in [6, 6.07) is 4.22. The van der Waals surface area contributed by atoms with Crippen molar-refractivity contribution in [3.8, 4) is 0 Å². The molecule has 0 saturated heterocycles. The molecule has 1 aromatic heterocycles. The minimum atomic E-state index is 0.148. The van der Waals surface area contributed by atoms with Gasteiger partial charge < -0.3 is 4.57 Å². The van der Waals surface area contributed by atoms with Gasteiger partial charge in [0.2, 0.25) is 0 Å². The van der Waals surface area contributed by atoms with Crippen LogP contribution in [0.4, 0.5) is 0 Å². The molecule has 82 valence electrons. The number of ketones is 1. The first-order valence-corrected chi connectivity index (χ1v) is 6.28. The third kappa shape index (κ3) is 1.34. The van der Waals surface area contributed by atoms with Gasteiger partial charge in [0.15, 0.2) is 5.78 Å². The van der Waals surface area contributed by atoms with E-state index in [1.54, 1.807) is 6.92 Å². The van der Waals surface area contributed by atoms with Crippen molar-refractivity contribution in [3.63, 3.8) is 0 Å². The number of carbonyl (C=O) groups excluding carboxylic acids is 1. The normalized spacial score (nSPS) is 14.4. The Hall–Kier alpha value is -1.09. The average Bonchev–Trinajstić information content (AvgIpc) is 2.59. The van der Waals surface area contributed by atoms with Gasteiger partial charge in [0, 0.05) is 28.2 Å². The molecule has 2 aromatic rings. The summed E-state index contributed by atoms with van der Waals surface area (Å²) >= 11 is 3.52.